The van der Waals surface area contributed by atoms with Crippen LogP contribution in [-0.2, 0) is 4.79 Å². The first-order chi connectivity index (χ1) is 10.0. The van der Waals surface area contributed by atoms with E-state index in [-0.39, 0.29) is 11.1 Å². The van der Waals surface area contributed by atoms with E-state index in [1.165, 1.54) is 19.1 Å². The number of carbonyl (C=O) groups is 2. The molecule has 0 aliphatic rings. The molecule has 0 saturated heterocycles. The Morgan fingerprint density at radius 3 is 2.10 bits per heavy atom. The summed E-state index contributed by atoms with van der Waals surface area (Å²) in [5.41, 5.74) is 2.30. The molecule has 0 fully saturated rings. The van der Waals surface area contributed by atoms with Crippen molar-refractivity contribution in [1.82, 2.24) is 0 Å². The Balaban J connectivity index is 2.64. The number of rotatable bonds is 4. The summed E-state index contributed by atoms with van der Waals surface area (Å²) in [6, 6.07) is 13.8. The first-order valence-electron chi connectivity index (χ1n) is 6.34. The van der Waals surface area contributed by atoms with E-state index in [0.717, 1.165) is 0 Å². The Hall–Kier alpha value is -2.88. The summed E-state index contributed by atoms with van der Waals surface area (Å²) >= 11 is 0. The molecule has 106 valence electrons. The van der Waals surface area contributed by atoms with Gasteiger partial charge in [-0.25, -0.2) is 9.59 Å². The molecule has 0 aliphatic carbocycles. The van der Waals surface area contributed by atoms with E-state index in [0.29, 0.717) is 16.7 Å². The van der Waals surface area contributed by atoms with Gasteiger partial charge in [-0.1, -0.05) is 42.5 Å². The van der Waals surface area contributed by atoms with Crippen LogP contribution in [0.15, 0.2) is 54.1 Å². The molecule has 0 aromatic heterocycles. The third kappa shape index (κ3) is 3.17. The monoisotopic (exact) mass is 282 g/mol. The van der Waals surface area contributed by atoms with E-state index < -0.39 is 11.9 Å². The van der Waals surface area contributed by atoms with E-state index in [1.54, 1.807) is 42.5 Å². The minimum Gasteiger partial charge on any atom is -0.478 e. The molecular weight excluding hydrogens is 268 g/mol. The zero-order valence-corrected chi connectivity index (χ0v) is 11.4. The lowest BCUT2D eigenvalue weighted by Gasteiger charge is -2.10. The summed E-state index contributed by atoms with van der Waals surface area (Å²) < 4.78 is 0. The topological polar surface area (TPSA) is 74.6 Å². The van der Waals surface area contributed by atoms with Gasteiger partial charge in [0.1, 0.15) is 0 Å². The second-order valence-corrected chi connectivity index (χ2v) is 4.57. The van der Waals surface area contributed by atoms with E-state index in [1.807, 2.05) is 0 Å². The number of carboxylic acid groups (broad SMARTS) is 2. The van der Waals surface area contributed by atoms with Gasteiger partial charge in [0.25, 0.3) is 0 Å². The Morgan fingerprint density at radius 1 is 0.905 bits per heavy atom. The smallest absolute Gasteiger partial charge is 0.336 e. The van der Waals surface area contributed by atoms with Gasteiger partial charge in [0, 0.05) is 5.57 Å². The standard InChI is InChI=1S/C17H14O4/c1-11(16(18)19)10-12-6-2-3-7-13(12)14-8-4-5-9-15(14)17(20)21/h2-10H,1H3,(H,18,19)(H,20,21)/b11-10+. The van der Waals surface area contributed by atoms with E-state index in [9.17, 15) is 14.7 Å². The fourth-order valence-electron chi connectivity index (χ4n) is 2.07. The maximum absolute atomic E-state index is 11.3. The lowest BCUT2D eigenvalue weighted by Crippen LogP contribution is -2.00. The molecule has 0 atom stereocenters. The third-order valence-electron chi connectivity index (χ3n) is 3.12. The SMILES string of the molecule is C/C(=C\c1ccccc1-c1ccccc1C(=O)O)C(=O)O. The number of aliphatic carboxylic acids is 1. The van der Waals surface area contributed by atoms with Crippen molar-refractivity contribution < 1.29 is 19.8 Å². The molecule has 0 radical (unpaired) electrons. The molecule has 2 aromatic carbocycles. The second kappa shape index (κ2) is 6.05. The maximum atomic E-state index is 11.3. The van der Waals surface area contributed by atoms with Gasteiger partial charge < -0.3 is 10.2 Å². The van der Waals surface area contributed by atoms with Crippen molar-refractivity contribution in [3.8, 4) is 11.1 Å². The van der Waals surface area contributed by atoms with E-state index in [2.05, 4.69) is 0 Å². The summed E-state index contributed by atoms with van der Waals surface area (Å²) in [5, 5.41) is 18.3. The summed E-state index contributed by atoms with van der Waals surface area (Å²) in [7, 11) is 0. The molecule has 0 heterocycles. The molecule has 0 saturated carbocycles. The Kier molecular flexibility index (Phi) is 4.18. The molecule has 21 heavy (non-hydrogen) atoms. The molecule has 2 N–H and O–H groups in total. The van der Waals surface area contributed by atoms with E-state index in [4.69, 9.17) is 5.11 Å². The maximum Gasteiger partial charge on any atom is 0.336 e. The molecule has 0 amide bonds. The van der Waals surface area contributed by atoms with Gasteiger partial charge in [-0.15, -0.1) is 0 Å². The zero-order chi connectivity index (χ0) is 15.4. The molecule has 4 nitrogen and oxygen atoms in total. The number of aromatic carboxylic acids is 1. The molecule has 0 unspecified atom stereocenters. The molecular formula is C17H14O4. The largest absolute Gasteiger partial charge is 0.478 e. The van der Waals surface area contributed by atoms with Crippen LogP contribution in [0.2, 0.25) is 0 Å². The molecule has 2 rings (SSSR count). The average Bonchev–Trinajstić information content (AvgIpc) is 2.47. The summed E-state index contributed by atoms with van der Waals surface area (Å²) in [6.45, 7) is 1.50. The van der Waals surface area contributed by atoms with Gasteiger partial charge in [-0.3, -0.25) is 0 Å². The van der Waals surface area contributed by atoms with Crippen molar-refractivity contribution in [1.29, 1.82) is 0 Å². The summed E-state index contributed by atoms with van der Waals surface area (Å²) in [5.74, 6) is -2.02. The fourth-order valence-corrected chi connectivity index (χ4v) is 2.07. The Morgan fingerprint density at radius 2 is 1.48 bits per heavy atom. The minimum absolute atomic E-state index is 0.186. The number of carboxylic acids is 2. The van der Waals surface area contributed by atoms with Gasteiger partial charge in [0.15, 0.2) is 0 Å². The predicted molar refractivity (Wildman–Crippen MR) is 80.1 cm³/mol. The van der Waals surface area contributed by atoms with Crippen LogP contribution in [0.1, 0.15) is 22.8 Å². The summed E-state index contributed by atoms with van der Waals surface area (Å²) in [6.07, 6.45) is 1.54. The van der Waals surface area contributed by atoms with Crippen LogP contribution in [0.25, 0.3) is 17.2 Å². The van der Waals surface area contributed by atoms with Gasteiger partial charge in [-0.05, 0) is 35.8 Å². The van der Waals surface area contributed by atoms with Crippen molar-refractivity contribution in [2.24, 2.45) is 0 Å². The zero-order valence-electron chi connectivity index (χ0n) is 11.4. The molecule has 0 aliphatic heterocycles. The van der Waals surface area contributed by atoms with Gasteiger partial charge >= 0.3 is 11.9 Å². The number of hydrogen-bond donors (Lipinski definition) is 2. The number of benzene rings is 2. The van der Waals surface area contributed by atoms with Gasteiger partial charge in [-0.2, -0.15) is 0 Å². The second-order valence-electron chi connectivity index (χ2n) is 4.57. The molecule has 0 spiro atoms. The highest BCUT2D eigenvalue weighted by Gasteiger charge is 2.13. The van der Waals surface area contributed by atoms with Crippen molar-refractivity contribution in [2.75, 3.05) is 0 Å². The lowest BCUT2D eigenvalue weighted by molar-refractivity contribution is -0.132. The van der Waals surface area contributed by atoms with Crippen LogP contribution in [0.3, 0.4) is 0 Å². The van der Waals surface area contributed by atoms with Crippen molar-refractivity contribution in [3.05, 3.63) is 65.2 Å². The van der Waals surface area contributed by atoms with Crippen LogP contribution in [0.5, 0.6) is 0 Å². The Labute approximate surface area is 122 Å². The first-order valence-corrected chi connectivity index (χ1v) is 6.34. The summed E-state index contributed by atoms with van der Waals surface area (Å²) in [4.78, 5) is 22.3. The normalized spacial score (nSPS) is 11.2. The fraction of sp³-hybridized carbons (Fsp3) is 0.0588. The van der Waals surface area contributed by atoms with Crippen molar-refractivity contribution in [3.63, 3.8) is 0 Å². The molecule has 2 aromatic rings. The predicted octanol–water partition coefficient (Wildman–Crippen LogP) is 3.54. The van der Waals surface area contributed by atoms with Crippen LogP contribution in [-0.4, -0.2) is 22.2 Å². The third-order valence-corrected chi connectivity index (χ3v) is 3.12. The van der Waals surface area contributed by atoms with Gasteiger partial charge in [0.05, 0.1) is 5.56 Å². The van der Waals surface area contributed by atoms with Gasteiger partial charge in [0.2, 0.25) is 0 Å². The van der Waals surface area contributed by atoms with Crippen LogP contribution >= 0.6 is 0 Å². The minimum atomic E-state index is -1.01. The van der Waals surface area contributed by atoms with Crippen LogP contribution in [0, 0.1) is 0 Å². The van der Waals surface area contributed by atoms with E-state index >= 15 is 0 Å². The highest BCUT2D eigenvalue weighted by Crippen LogP contribution is 2.28. The van der Waals surface area contributed by atoms with Crippen molar-refractivity contribution in [2.45, 2.75) is 6.92 Å². The highest BCUT2D eigenvalue weighted by atomic mass is 16.4. The van der Waals surface area contributed by atoms with Crippen LogP contribution < -0.4 is 0 Å². The number of hydrogen-bond acceptors (Lipinski definition) is 2. The van der Waals surface area contributed by atoms with Crippen molar-refractivity contribution >= 4 is 18.0 Å². The lowest BCUT2D eigenvalue weighted by atomic mass is 9.94. The molecule has 4 heteroatoms. The Bertz CT molecular complexity index is 729. The highest BCUT2D eigenvalue weighted by molar-refractivity contribution is 5.98. The quantitative estimate of drug-likeness (QED) is 0.841. The van der Waals surface area contributed by atoms with Crippen LogP contribution in [0.4, 0.5) is 0 Å². The molecule has 0 bridgehead atoms. The first kappa shape index (κ1) is 14.5. The average molecular weight is 282 g/mol.